The number of aromatic nitrogens is 1. The lowest BCUT2D eigenvalue weighted by atomic mass is 10.1. The van der Waals surface area contributed by atoms with Gasteiger partial charge in [0.15, 0.2) is 0 Å². The number of aryl methyl sites for hydroxylation is 1. The van der Waals surface area contributed by atoms with Gasteiger partial charge in [-0.1, -0.05) is 31.2 Å². The predicted molar refractivity (Wildman–Crippen MR) is 92.8 cm³/mol. The van der Waals surface area contributed by atoms with Gasteiger partial charge in [0.25, 0.3) is 5.91 Å². The standard InChI is InChI=1S/C18H22N2O2S/c1-3-13-6-8-14(9-7-13)18-20-15(11-23-18)17(21)19-12(2)16-5-4-10-22-16/h6-9,11-12,16H,3-5,10H2,1-2H3,(H,19,21)/t12-,16+/m1/s1. The molecule has 23 heavy (non-hydrogen) atoms. The molecule has 0 radical (unpaired) electrons. The lowest BCUT2D eigenvalue weighted by Gasteiger charge is -2.19. The van der Waals surface area contributed by atoms with Crippen LogP contribution in [0.25, 0.3) is 10.6 Å². The molecule has 1 fully saturated rings. The zero-order valence-electron chi connectivity index (χ0n) is 13.5. The largest absolute Gasteiger partial charge is 0.376 e. The van der Waals surface area contributed by atoms with Gasteiger partial charge in [-0.3, -0.25) is 4.79 Å². The smallest absolute Gasteiger partial charge is 0.271 e. The van der Waals surface area contributed by atoms with Crippen molar-refractivity contribution < 1.29 is 9.53 Å². The molecule has 1 amide bonds. The maximum absolute atomic E-state index is 12.3. The third-order valence-corrected chi connectivity index (χ3v) is 5.12. The molecule has 2 atom stereocenters. The molecule has 4 nitrogen and oxygen atoms in total. The number of hydrogen-bond acceptors (Lipinski definition) is 4. The number of hydrogen-bond donors (Lipinski definition) is 1. The van der Waals surface area contributed by atoms with Crippen LogP contribution in [0.2, 0.25) is 0 Å². The summed E-state index contributed by atoms with van der Waals surface area (Å²) < 4.78 is 5.62. The Balaban J connectivity index is 1.66. The number of ether oxygens (including phenoxy) is 1. The predicted octanol–water partition coefficient (Wildman–Crippen LogP) is 3.67. The van der Waals surface area contributed by atoms with Gasteiger partial charge in [0.2, 0.25) is 0 Å². The first-order chi connectivity index (χ1) is 11.2. The van der Waals surface area contributed by atoms with Gasteiger partial charge in [0.1, 0.15) is 10.7 Å². The molecule has 0 saturated carbocycles. The molecular weight excluding hydrogens is 308 g/mol. The summed E-state index contributed by atoms with van der Waals surface area (Å²) in [6.07, 6.45) is 3.22. The molecule has 0 spiro atoms. The van der Waals surface area contributed by atoms with Crippen molar-refractivity contribution in [3.05, 3.63) is 40.9 Å². The van der Waals surface area contributed by atoms with E-state index in [1.807, 2.05) is 12.3 Å². The van der Waals surface area contributed by atoms with Crippen LogP contribution < -0.4 is 5.32 Å². The van der Waals surface area contributed by atoms with E-state index in [2.05, 4.69) is 41.5 Å². The van der Waals surface area contributed by atoms with Crippen LogP contribution in [-0.2, 0) is 11.2 Å². The topological polar surface area (TPSA) is 51.2 Å². The fourth-order valence-corrected chi connectivity index (χ4v) is 3.57. The number of nitrogens with one attached hydrogen (secondary N) is 1. The van der Waals surface area contributed by atoms with E-state index in [-0.39, 0.29) is 18.1 Å². The van der Waals surface area contributed by atoms with E-state index in [0.717, 1.165) is 36.4 Å². The first-order valence-electron chi connectivity index (χ1n) is 8.14. The van der Waals surface area contributed by atoms with Gasteiger partial charge >= 0.3 is 0 Å². The zero-order chi connectivity index (χ0) is 16.2. The molecule has 5 heteroatoms. The van der Waals surface area contributed by atoms with Gasteiger partial charge in [-0.05, 0) is 31.7 Å². The number of amides is 1. The van der Waals surface area contributed by atoms with Crippen molar-refractivity contribution in [3.63, 3.8) is 0 Å². The third-order valence-electron chi connectivity index (χ3n) is 4.23. The van der Waals surface area contributed by atoms with Crippen LogP contribution in [0, 0.1) is 0 Å². The second-order valence-corrected chi connectivity index (χ2v) is 6.76. The van der Waals surface area contributed by atoms with Crippen molar-refractivity contribution in [3.8, 4) is 10.6 Å². The Morgan fingerprint density at radius 1 is 1.43 bits per heavy atom. The molecule has 122 valence electrons. The molecule has 0 unspecified atom stereocenters. The van der Waals surface area contributed by atoms with Gasteiger partial charge in [0.05, 0.1) is 12.1 Å². The highest BCUT2D eigenvalue weighted by Crippen LogP contribution is 2.24. The van der Waals surface area contributed by atoms with Crippen LogP contribution in [0.15, 0.2) is 29.6 Å². The quantitative estimate of drug-likeness (QED) is 0.910. The van der Waals surface area contributed by atoms with E-state index in [4.69, 9.17) is 4.74 Å². The molecule has 1 aliphatic rings. The third kappa shape index (κ3) is 3.79. The number of thiazole rings is 1. The Morgan fingerprint density at radius 2 is 2.22 bits per heavy atom. The minimum atomic E-state index is -0.124. The average molecular weight is 330 g/mol. The number of rotatable bonds is 5. The van der Waals surface area contributed by atoms with Gasteiger partial charge in [-0.25, -0.2) is 4.98 Å². The second kappa shape index (κ2) is 7.23. The maximum atomic E-state index is 12.3. The summed E-state index contributed by atoms with van der Waals surface area (Å²) in [7, 11) is 0. The molecule has 1 N–H and O–H groups in total. The fraction of sp³-hybridized carbons (Fsp3) is 0.444. The van der Waals surface area contributed by atoms with E-state index in [0.29, 0.717) is 5.69 Å². The van der Waals surface area contributed by atoms with Gasteiger partial charge in [-0.15, -0.1) is 11.3 Å². The van der Waals surface area contributed by atoms with Crippen molar-refractivity contribution in [2.24, 2.45) is 0 Å². The van der Waals surface area contributed by atoms with E-state index in [9.17, 15) is 4.79 Å². The molecule has 0 bridgehead atoms. The summed E-state index contributed by atoms with van der Waals surface area (Å²) in [6.45, 7) is 4.92. The lowest BCUT2D eigenvalue weighted by molar-refractivity contribution is 0.0710. The van der Waals surface area contributed by atoms with Gasteiger partial charge < -0.3 is 10.1 Å². The Morgan fingerprint density at radius 3 is 2.87 bits per heavy atom. The van der Waals surface area contributed by atoms with Crippen LogP contribution in [0.5, 0.6) is 0 Å². The highest BCUT2D eigenvalue weighted by Gasteiger charge is 2.24. The molecule has 3 rings (SSSR count). The minimum Gasteiger partial charge on any atom is -0.376 e. The first-order valence-corrected chi connectivity index (χ1v) is 9.02. The fourth-order valence-electron chi connectivity index (χ4n) is 2.76. The van der Waals surface area contributed by atoms with Crippen LogP contribution >= 0.6 is 11.3 Å². The summed E-state index contributed by atoms with van der Waals surface area (Å²) >= 11 is 1.50. The van der Waals surface area contributed by atoms with Crippen LogP contribution in [0.1, 0.15) is 42.7 Å². The number of carbonyl (C=O) groups excluding carboxylic acids is 1. The highest BCUT2D eigenvalue weighted by atomic mass is 32.1. The SMILES string of the molecule is CCc1ccc(-c2nc(C(=O)N[C@H](C)[C@@H]3CCCO3)cs2)cc1. The van der Waals surface area contributed by atoms with Crippen molar-refractivity contribution >= 4 is 17.2 Å². The summed E-state index contributed by atoms with van der Waals surface area (Å²) in [4.78, 5) is 16.8. The number of carbonyl (C=O) groups is 1. The molecule has 1 saturated heterocycles. The highest BCUT2D eigenvalue weighted by molar-refractivity contribution is 7.13. The summed E-state index contributed by atoms with van der Waals surface area (Å²) in [5.74, 6) is -0.124. The lowest BCUT2D eigenvalue weighted by Crippen LogP contribution is -2.40. The zero-order valence-corrected chi connectivity index (χ0v) is 14.4. The molecule has 1 aromatic carbocycles. The van der Waals surface area contributed by atoms with Crippen LogP contribution in [0.4, 0.5) is 0 Å². The van der Waals surface area contributed by atoms with Crippen molar-refractivity contribution in [2.45, 2.75) is 45.3 Å². The van der Waals surface area contributed by atoms with Crippen molar-refractivity contribution in [2.75, 3.05) is 6.61 Å². The number of benzene rings is 1. The maximum Gasteiger partial charge on any atom is 0.271 e. The molecule has 0 aliphatic carbocycles. The Kier molecular flexibility index (Phi) is 5.08. The summed E-state index contributed by atoms with van der Waals surface area (Å²) in [5, 5.41) is 5.70. The van der Waals surface area contributed by atoms with Crippen molar-refractivity contribution in [1.82, 2.24) is 10.3 Å². The van der Waals surface area contributed by atoms with E-state index in [1.165, 1.54) is 16.9 Å². The average Bonchev–Trinajstić information content (AvgIpc) is 3.26. The molecule has 1 aliphatic heterocycles. The Hall–Kier alpha value is -1.72. The minimum absolute atomic E-state index is 0.0130. The monoisotopic (exact) mass is 330 g/mol. The van der Waals surface area contributed by atoms with Crippen LogP contribution in [-0.4, -0.2) is 29.6 Å². The van der Waals surface area contributed by atoms with Gasteiger partial charge in [-0.2, -0.15) is 0 Å². The molecular formula is C18H22N2O2S. The Bertz CT molecular complexity index is 660. The van der Waals surface area contributed by atoms with Gasteiger partial charge in [0, 0.05) is 17.6 Å². The summed E-state index contributed by atoms with van der Waals surface area (Å²) in [6, 6.07) is 8.35. The Labute approximate surface area is 140 Å². The van der Waals surface area contributed by atoms with E-state index in [1.54, 1.807) is 0 Å². The second-order valence-electron chi connectivity index (χ2n) is 5.90. The van der Waals surface area contributed by atoms with Crippen molar-refractivity contribution in [1.29, 1.82) is 0 Å². The number of nitrogens with zero attached hydrogens (tertiary/aromatic N) is 1. The first kappa shape index (κ1) is 16.1. The van der Waals surface area contributed by atoms with Crippen LogP contribution in [0.3, 0.4) is 0 Å². The normalized spacial score (nSPS) is 18.8. The molecule has 1 aromatic heterocycles. The van der Waals surface area contributed by atoms with E-state index < -0.39 is 0 Å². The summed E-state index contributed by atoms with van der Waals surface area (Å²) in [5.41, 5.74) is 2.83. The van der Waals surface area contributed by atoms with E-state index >= 15 is 0 Å². The molecule has 2 heterocycles. The molecule has 2 aromatic rings.